The number of nitrogens with zero attached hydrogens (tertiary/aromatic N) is 2. The molecule has 100 valence electrons. The summed E-state index contributed by atoms with van der Waals surface area (Å²) in [6.07, 6.45) is 1.82. The van der Waals surface area contributed by atoms with E-state index in [0.29, 0.717) is 0 Å². The molecule has 1 heterocycles. The maximum Gasteiger partial charge on any atom is 0.159 e. The largest absolute Gasteiger partial charge is 0.306 e. The van der Waals surface area contributed by atoms with Gasteiger partial charge >= 0.3 is 0 Å². The molecule has 2 aromatic rings. The van der Waals surface area contributed by atoms with Crippen molar-refractivity contribution in [2.45, 2.75) is 39.8 Å². The summed E-state index contributed by atoms with van der Waals surface area (Å²) in [5.41, 5.74) is 3.41. The zero-order valence-electron chi connectivity index (χ0n) is 12.1. The van der Waals surface area contributed by atoms with E-state index in [-0.39, 0.29) is 5.54 Å². The van der Waals surface area contributed by atoms with Crippen molar-refractivity contribution in [2.75, 3.05) is 0 Å². The number of hydrogen-bond donors (Lipinski definition) is 1. The summed E-state index contributed by atoms with van der Waals surface area (Å²) in [5, 5.41) is 3.44. The molecule has 0 amide bonds. The van der Waals surface area contributed by atoms with Gasteiger partial charge in [-0.05, 0) is 33.8 Å². The van der Waals surface area contributed by atoms with Crippen molar-refractivity contribution in [1.82, 2.24) is 15.3 Å². The number of aryl methyl sites for hydroxylation is 1. The lowest BCUT2D eigenvalue weighted by atomic mass is 10.1. The first-order chi connectivity index (χ1) is 8.94. The van der Waals surface area contributed by atoms with Crippen LogP contribution in [0.2, 0.25) is 0 Å². The number of nitrogens with one attached hydrogen (secondary N) is 1. The van der Waals surface area contributed by atoms with E-state index in [4.69, 9.17) is 0 Å². The molecular weight excluding hydrogens is 234 g/mol. The number of aromatic nitrogens is 2. The topological polar surface area (TPSA) is 37.8 Å². The van der Waals surface area contributed by atoms with Gasteiger partial charge < -0.3 is 5.32 Å². The summed E-state index contributed by atoms with van der Waals surface area (Å²) < 4.78 is 0. The van der Waals surface area contributed by atoms with Gasteiger partial charge in [0.1, 0.15) is 0 Å². The normalized spacial score (nSPS) is 11.6. The first-order valence-electron chi connectivity index (χ1n) is 6.58. The molecule has 0 aliphatic heterocycles. The lowest BCUT2D eigenvalue weighted by molar-refractivity contribution is 0.421. The molecule has 0 spiro atoms. The SMILES string of the molecule is Cc1ccc(-c2nccc(CNC(C)(C)C)n2)cc1. The molecule has 19 heavy (non-hydrogen) atoms. The molecule has 0 aliphatic carbocycles. The van der Waals surface area contributed by atoms with Crippen LogP contribution in [0.3, 0.4) is 0 Å². The van der Waals surface area contributed by atoms with Crippen LogP contribution in [0.1, 0.15) is 32.0 Å². The van der Waals surface area contributed by atoms with Crippen LogP contribution in [0, 0.1) is 6.92 Å². The smallest absolute Gasteiger partial charge is 0.159 e. The van der Waals surface area contributed by atoms with Crippen LogP contribution in [-0.4, -0.2) is 15.5 Å². The fourth-order valence-corrected chi connectivity index (χ4v) is 1.69. The molecule has 0 radical (unpaired) electrons. The average molecular weight is 255 g/mol. The Balaban J connectivity index is 2.17. The third-order valence-corrected chi connectivity index (χ3v) is 2.82. The molecule has 0 bridgehead atoms. The van der Waals surface area contributed by atoms with Gasteiger partial charge in [-0.3, -0.25) is 0 Å². The monoisotopic (exact) mass is 255 g/mol. The van der Waals surface area contributed by atoms with E-state index in [2.05, 4.69) is 67.2 Å². The minimum atomic E-state index is 0.0922. The molecule has 3 nitrogen and oxygen atoms in total. The summed E-state index contributed by atoms with van der Waals surface area (Å²) >= 11 is 0. The first-order valence-corrected chi connectivity index (χ1v) is 6.58. The molecule has 0 aliphatic rings. The quantitative estimate of drug-likeness (QED) is 0.914. The Hall–Kier alpha value is -1.74. The van der Waals surface area contributed by atoms with Gasteiger partial charge in [-0.1, -0.05) is 29.8 Å². The van der Waals surface area contributed by atoms with E-state index in [1.807, 2.05) is 12.3 Å². The van der Waals surface area contributed by atoms with Crippen molar-refractivity contribution in [1.29, 1.82) is 0 Å². The highest BCUT2D eigenvalue weighted by molar-refractivity contribution is 5.55. The van der Waals surface area contributed by atoms with E-state index < -0.39 is 0 Å². The second-order valence-corrected chi connectivity index (χ2v) is 5.84. The molecule has 2 rings (SSSR count). The van der Waals surface area contributed by atoms with Crippen LogP contribution >= 0.6 is 0 Å². The third kappa shape index (κ3) is 4.14. The molecule has 0 saturated carbocycles. The van der Waals surface area contributed by atoms with E-state index >= 15 is 0 Å². The Kier molecular flexibility index (Phi) is 3.96. The average Bonchev–Trinajstić information content (AvgIpc) is 2.37. The van der Waals surface area contributed by atoms with Crippen LogP contribution in [0.25, 0.3) is 11.4 Å². The van der Waals surface area contributed by atoms with Crippen LogP contribution in [0.4, 0.5) is 0 Å². The van der Waals surface area contributed by atoms with Crippen LogP contribution in [0.5, 0.6) is 0 Å². The number of hydrogen-bond acceptors (Lipinski definition) is 3. The van der Waals surface area contributed by atoms with Gasteiger partial charge in [0.05, 0.1) is 5.69 Å². The molecule has 0 atom stereocenters. The maximum absolute atomic E-state index is 4.60. The van der Waals surface area contributed by atoms with Crippen molar-refractivity contribution in [3.63, 3.8) is 0 Å². The van der Waals surface area contributed by atoms with E-state index in [0.717, 1.165) is 23.6 Å². The predicted octanol–water partition coefficient (Wildman–Crippen LogP) is 3.34. The maximum atomic E-state index is 4.60. The first kappa shape index (κ1) is 13.7. The standard InChI is InChI=1S/C16H21N3/c1-12-5-7-13(8-6-12)15-17-10-9-14(19-15)11-18-16(2,3)4/h5-10,18H,11H2,1-4H3. The fourth-order valence-electron chi connectivity index (χ4n) is 1.69. The highest BCUT2D eigenvalue weighted by atomic mass is 15.0. The third-order valence-electron chi connectivity index (χ3n) is 2.82. The van der Waals surface area contributed by atoms with Gasteiger partial charge in [0.2, 0.25) is 0 Å². The van der Waals surface area contributed by atoms with Gasteiger partial charge in [-0.2, -0.15) is 0 Å². The molecule has 1 aromatic heterocycles. The van der Waals surface area contributed by atoms with E-state index in [1.54, 1.807) is 0 Å². The number of rotatable bonds is 3. The van der Waals surface area contributed by atoms with Gasteiger partial charge in [0.25, 0.3) is 0 Å². The van der Waals surface area contributed by atoms with Crippen LogP contribution < -0.4 is 5.32 Å². The Morgan fingerprint density at radius 3 is 2.37 bits per heavy atom. The molecule has 1 aromatic carbocycles. The second-order valence-electron chi connectivity index (χ2n) is 5.84. The summed E-state index contributed by atoms with van der Waals surface area (Å²) in [5.74, 6) is 0.785. The van der Waals surface area contributed by atoms with Crippen molar-refractivity contribution < 1.29 is 0 Å². The van der Waals surface area contributed by atoms with Gasteiger partial charge in [0.15, 0.2) is 5.82 Å². The highest BCUT2D eigenvalue weighted by Crippen LogP contribution is 2.15. The van der Waals surface area contributed by atoms with Crippen molar-refractivity contribution in [3.8, 4) is 11.4 Å². The molecule has 1 N–H and O–H groups in total. The van der Waals surface area contributed by atoms with Gasteiger partial charge in [0, 0.05) is 23.8 Å². The second kappa shape index (κ2) is 5.49. The Labute approximate surface area is 115 Å². The van der Waals surface area contributed by atoms with Gasteiger partial charge in [-0.25, -0.2) is 9.97 Å². The lowest BCUT2D eigenvalue weighted by Gasteiger charge is -2.20. The van der Waals surface area contributed by atoms with Crippen molar-refractivity contribution >= 4 is 0 Å². The predicted molar refractivity (Wildman–Crippen MR) is 78.8 cm³/mol. The van der Waals surface area contributed by atoms with Crippen LogP contribution in [-0.2, 0) is 6.54 Å². The fraction of sp³-hybridized carbons (Fsp3) is 0.375. The molecule has 0 saturated heterocycles. The molecule has 3 heteroatoms. The lowest BCUT2D eigenvalue weighted by Crippen LogP contribution is -2.35. The van der Waals surface area contributed by atoms with Crippen LogP contribution in [0.15, 0.2) is 36.5 Å². The molecular formula is C16H21N3. The summed E-state index contributed by atoms with van der Waals surface area (Å²) in [4.78, 5) is 8.95. The van der Waals surface area contributed by atoms with E-state index in [9.17, 15) is 0 Å². The Morgan fingerprint density at radius 1 is 1.05 bits per heavy atom. The van der Waals surface area contributed by atoms with E-state index in [1.165, 1.54) is 5.56 Å². The summed E-state index contributed by atoms with van der Waals surface area (Å²) in [7, 11) is 0. The Morgan fingerprint density at radius 2 is 1.74 bits per heavy atom. The number of benzene rings is 1. The molecule has 0 unspecified atom stereocenters. The minimum absolute atomic E-state index is 0.0922. The zero-order valence-corrected chi connectivity index (χ0v) is 12.1. The van der Waals surface area contributed by atoms with Gasteiger partial charge in [-0.15, -0.1) is 0 Å². The van der Waals surface area contributed by atoms with Crippen molar-refractivity contribution in [3.05, 3.63) is 47.8 Å². The summed E-state index contributed by atoms with van der Waals surface area (Å²) in [6.45, 7) is 9.28. The van der Waals surface area contributed by atoms with Crippen molar-refractivity contribution in [2.24, 2.45) is 0 Å². The summed E-state index contributed by atoms with van der Waals surface area (Å²) in [6, 6.07) is 10.2. The minimum Gasteiger partial charge on any atom is -0.306 e. The highest BCUT2D eigenvalue weighted by Gasteiger charge is 2.09. The zero-order chi connectivity index (χ0) is 13.9. The molecule has 0 fully saturated rings. The Bertz CT molecular complexity index is 539.